The van der Waals surface area contributed by atoms with Gasteiger partial charge in [-0.05, 0) is 35.7 Å². The van der Waals surface area contributed by atoms with Crippen molar-refractivity contribution in [3.05, 3.63) is 59.7 Å². The van der Waals surface area contributed by atoms with Crippen LogP contribution in [0.4, 0.5) is 16.2 Å². The summed E-state index contributed by atoms with van der Waals surface area (Å²) in [6.07, 6.45) is 1.43. The molecule has 130 valence electrons. The molecule has 0 saturated carbocycles. The molecule has 1 heterocycles. The van der Waals surface area contributed by atoms with Crippen LogP contribution in [0.3, 0.4) is 0 Å². The van der Waals surface area contributed by atoms with Crippen LogP contribution in [0, 0.1) is 0 Å². The highest BCUT2D eigenvalue weighted by Crippen LogP contribution is 2.24. The topological polar surface area (TPSA) is 81.7 Å². The molecule has 0 spiro atoms. The molecule has 2 aromatic rings. The maximum atomic E-state index is 12.1. The molecule has 0 aromatic heterocycles. The first-order valence-electron chi connectivity index (χ1n) is 8.30. The van der Waals surface area contributed by atoms with Crippen LogP contribution < -0.4 is 15.5 Å². The number of aliphatic hydroxyl groups is 1. The molecule has 25 heavy (non-hydrogen) atoms. The zero-order chi connectivity index (χ0) is 17.6. The molecule has 0 bridgehead atoms. The third-order valence-electron chi connectivity index (χ3n) is 4.22. The van der Waals surface area contributed by atoms with Crippen molar-refractivity contribution >= 4 is 23.3 Å². The van der Waals surface area contributed by atoms with E-state index in [1.54, 1.807) is 17.0 Å². The van der Waals surface area contributed by atoms with Gasteiger partial charge in [-0.1, -0.05) is 30.3 Å². The van der Waals surface area contributed by atoms with Crippen molar-refractivity contribution in [1.82, 2.24) is 5.32 Å². The Balaban J connectivity index is 1.60. The van der Waals surface area contributed by atoms with Gasteiger partial charge in [-0.15, -0.1) is 0 Å². The summed E-state index contributed by atoms with van der Waals surface area (Å²) in [7, 11) is 0. The molecular weight excluding hydrogens is 318 g/mol. The lowest BCUT2D eigenvalue weighted by Gasteiger charge is -2.17. The van der Waals surface area contributed by atoms with E-state index in [0.717, 1.165) is 23.2 Å². The highest BCUT2D eigenvalue weighted by Gasteiger charge is 2.21. The number of carbonyl (C=O) groups is 2. The number of nitrogens with one attached hydrogen (secondary N) is 2. The standard InChI is InChI=1S/C19H21N3O3/c23-13-15-6-2-1-5-14(15)12-20-19(25)21-16-7-3-8-17(11-16)22-10-4-9-18(22)24/h1-3,5-8,11,23H,4,9-10,12-13H2,(H2,20,21,25). The van der Waals surface area contributed by atoms with Crippen LogP contribution in [0.5, 0.6) is 0 Å². The number of amides is 3. The van der Waals surface area contributed by atoms with Crippen molar-refractivity contribution in [1.29, 1.82) is 0 Å². The fraction of sp³-hybridized carbons (Fsp3) is 0.263. The summed E-state index contributed by atoms with van der Waals surface area (Å²) in [5, 5.41) is 14.9. The maximum absolute atomic E-state index is 12.1. The quantitative estimate of drug-likeness (QED) is 0.783. The minimum atomic E-state index is -0.336. The predicted octanol–water partition coefficient (Wildman–Crippen LogP) is 2.63. The zero-order valence-electron chi connectivity index (χ0n) is 13.9. The number of hydrogen-bond donors (Lipinski definition) is 3. The summed E-state index contributed by atoms with van der Waals surface area (Å²) < 4.78 is 0. The third-order valence-corrected chi connectivity index (χ3v) is 4.22. The van der Waals surface area contributed by atoms with Crippen molar-refractivity contribution in [3.63, 3.8) is 0 Å². The molecule has 3 rings (SSSR count). The minimum Gasteiger partial charge on any atom is -0.392 e. The fourth-order valence-corrected chi connectivity index (χ4v) is 2.91. The van der Waals surface area contributed by atoms with Gasteiger partial charge < -0.3 is 20.6 Å². The normalized spacial score (nSPS) is 13.8. The van der Waals surface area contributed by atoms with E-state index >= 15 is 0 Å². The van der Waals surface area contributed by atoms with E-state index in [0.29, 0.717) is 25.2 Å². The molecule has 3 N–H and O–H groups in total. The van der Waals surface area contributed by atoms with Gasteiger partial charge in [0.15, 0.2) is 0 Å². The average molecular weight is 339 g/mol. The molecule has 1 saturated heterocycles. The monoisotopic (exact) mass is 339 g/mol. The first-order valence-corrected chi connectivity index (χ1v) is 8.30. The fourth-order valence-electron chi connectivity index (χ4n) is 2.91. The Labute approximate surface area is 146 Å². The lowest BCUT2D eigenvalue weighted by Crippen LogP contribution is -2.29. The average Bonchev–Trinajstić information content (AvgIpc) is 3.06. The SMILES string of the molecule is O=C(NCc1ccccc1CO)Nc1cccc(N2CCCC2=O)c1. The van der Waals surface area contributed by atoms with Crippen LogP contribution in [0.25, 0.3) is 0 Å². The number of rotatable bonds is 5. The number of carbonyl (C=O) groups excluding carboxylic acids is 2. The van der Waals surface area contributed by atoms with Gasteiger partial charge in [0.1, 0.15) is 0 Å². The van der Waals surface area contributed by atoms with E-state index in [4.69, 9.17) is 0 Å². The lowest BCUT2D eigenvalue weighted by atomic mass is 10.1. The Morgan fingerprint density at radius 1 is 1.12 bits per heavy atom. The highest BCUT2D eigenvalue weighted by atomic mass is 16.3. The van der Waals surface area contributed by atoms with Crippen LogP contribution in [-0.2, 0) is 17.9 Å². The number of anilines is 2. The minimum absolute atomic E-state index is 0.0641. The summed E-state index contributed by atoms with van der Waals surface area (Å²) in [5.74, 6) is 0.113. The van der Waals surface area contributed by atoms with Crippen molar-refractivity contribution in [2.75, 3.05) is 16.8 Å². The number of hydrogen-bond acceptors (Lipinski definition) is 3. The Morgan fingerprint density at radius 3 is 2.64 bits per heavy atom. The Kier molecular flexibility index (Phi) is 5.30. The third kappa shape index (κ3) is 4.16. The summed E-state index contributed by atoms with van der Waals surface area (Å²) in [6.45, 7) is 0.977. The first-order chi connectivity index (χ1) is 12.2. The Hall–Kier alpha value is -2.86. The lowest BCUT2D eigenvalue weighted by molar-refractivity contribution is -0.117. The van der Waals surface area contributed by atoms with Crippen molar-refractivity contribution in [2.24, 2.45) is 0 Å². The van der Waals surface area contributed by atoms with Crippen LogP contribution in [0.15, 0.2) is 48.5 Å². The molecule has 6 nitrogen and oxygen atoms in total. The van der Waals surface area contributed by atoms with Crippen molar-refractivity contribution < 1.29 is 14.7 Å². The molecule has 0 unspecified atom stereocenters. The van der Waals surface area contributed by atoms with Gasteiger partial charge >= 0.3 is 6.03 Å². The summed E-state index contributed by atoms with van der Waals surface area (Å²) in [6, 6.07) is 14.3. The molecule has 0 atom stereocenters. The molecule has 0 aliphatic carbocycles. The largest absolute Gasteiger partial charge is 0.392 e. The second kappa shape index (κ2) is 7.81. The Bertz CT molecular complexity index is 776. The maximum Gasteiger partial charge on any atom is 0.319 e. The van der Waals surface area contributed by atoms with Gasteiger partial charge in [0.05, 0.1) is 6.61 Å². The highest BCUT2D eigenvalue weighted by molar-refractivity contribution is 5.96. The van der Waals surface area contributed by atoms with Crippen molar-refractivity contribution in [3.8, 4) is 0 Å². The van der Waals surface area contributed by atoms with E-state index in [1.807, 2.05) is 36.4 Å². The number of urea groups is 1. The molecule has 1 aliphatic rings. The predicted molar refractivity (Wildman–Crippen MR) is 96.3 cm³/mol. The molecule has 3 amide bonds. The van der Waals surface area contributed by atoms with Crippen LogP contribution in [-0.4, -0.2) is 23.6 Å². The summed E-state index contributed by atoms with van der Waals surface area (Å²) in [4.78, 5) is 25.7. The molecule has 1 fully saturated rings. The molecule has 2 aromatic carbocycles. The summed E-state index contributed by atoms with van der Waals surface area (Å²) in [5.41, 5.74) is 3.09. The smallest absolute Gasteiger partial charge is 0.319 e. The zero-order valence-corrected chi connectivity index (χ0v) is 13.9. The van der Waals surface area contributed by atoms with Gasteiger partial charge in [0, 0.05) is 30.9 Å². The molecule has 6 heteroatoms. The number of aliphatic hydroxyl groups excluding tert-OH is 1. The van der Waals surface area contributed by atoms with Gasteiger partial charge in [0.2, 0.25) is 5.91 Å². The van der Waals surface area contributed by atoms with Gasteiger partial charge in [-0.2, -0.15) is 0 Å². The van der Waals surface area contributed by atoms with E-state index in [9.17, 15) is 14.7 Å². The second-order valence-electron chi connectivity index (χ2n) is 5.93. The van der Waals surface area contributed by atoms with Crippen LogP contribution in [0.2, 0.25) is 0 Å². The molecular formula is C19H21N3O3. The van der Waals surface area contributed by atoms with Gasteiger partial charge in [-0.3, -0.25) is 4.79 Å². The van der Waals surface area contributed by atoms with E-state index in [2.05, 4.69) is 10.6 Å². The van der Waals surface area contributed by atoms with Crippen LogP contribution >= 0.6 is 0 Å². The van der Waals surface area contributed by atoms with Gasteiger partial charge in [0.25, 0.3) is 0 Å². The second-order valence-corrected chi connectivity index (χ2v) is 5.93. The molecule has 0 radical (unpaired) electrons. The van der Waals surface area contributed by atoms with E-state index in [1.165, 1.54) is 0 Å². The van der Waals surface area contributed by atoms with Crippen molar-refractivity contribution in [2.45, 2.75) is 26.0 Å². The first kappa shape index (κ1) is 17.0. The number of benzene rings is 2. The van der Waals surface area contributed by atoms with E-state index in [-0.39, 0.29) is 18.5 Å². The number of nitrogens with zero attached hydrogens (tertiary/aromatic N) is 1. The summed E-state index contributed by atoms with van der Waals surface area (Å²) >= 11 is 0. The molecule has 1 aliphatic heterocycles. The Morgan fingerprint density at radius 2 is 1.92 bits per heavy atom. The van der Waals surface area contributed by atoms with E-state index < -0.39 is 0 Å². The van der Waals surface area contributed by atoms with Crippen LogP contribution in [0.1, 0.15) is 24.0 Å². The van der Waals surface area contributed by atoms with Gasteiger partial charge in [-0.25, -0.2) is 4.79 Å².